The third kappa shape index (κ3) is 1.55. The van der Waals surface area contributed by atoms with E-state index in [0.29, 0.717) is 43.3 Å². The Kier molecular flexibility index (Phi) is 2.90. The smallest absolute Gasteiger partial charge is 0.146 e. The Bertz CT molecular complexity index is 806. The lowest BCUT2D eigenvalue weighted by Crippen LogP contribution is -2.36. The van der Waals surface area contributed by atoms with Crippen LogP contribution in [0.4, 0.5) is 8.96 Å². The molecule has 22 heavy (non-hydrogen) atoms. The molecule has 108 valence electrons. The van der Waals surface area contributed by atoms with Crippen molar-refractivity contribution in [2.75, 3.05) is 0 Å². The second kappa shape index (κ2) is 4.51. The van der Waals surface area contributed by atoms with Gasteiger partial charge < -0.3 is 0 Å². The fraction of sp³-hybridized carbons (Fsp3) is 0. The van der Waals surface area contributed by atoms with Gasteiger partial charge in [0, 0.05) is 33.0 Å². The topological polar surface area (TPSA) is 6.48 Å². The lowest BCUT2D eigenvalue weighted by Gasteiger charge is -2.30. The van der Waals surface area contributed by atoms with Crippen LogP contribution >= 0.6 is 48.9 Å². The number of benzene rings is 2. The first-order valence-electron chi connectivity index (χ1n) is 6.12. The van der Waals surface area contributed by atoms with Gasteiger partial charge in [0.1, 0.15) is 20.0 Å². The van der Waals surface area contributed by atoms with Gasteiger partial charge in [0.25, 0.3) is 0 Å². The van der Waals surface area contributed by atoms with Crippen molar-refractivity contribution in [1.82, 2.24) is 10.2 Å². The summed E-state index contributed by atoms with van der Waals surface area (Å²) in [6, 6.07) is 6.54. The number of nitrogens with zero attached hydrogens (tertiary/aromatic N) is 2. The summed E-state index contributed by atoms with van der Waals surface area (Å²) in [4.78, 5) is -0.0529. The van der Waals surface area contributed by atoms with E-state index in [1.165, 1.54) is 0 Å². The molecule has 0 saturated heterocycles. The lowest BCUT2D eigenvalue weighted by molar-refractivity contribution is 0.233. The van der Waals surface area contributed by atoms with Crippen molar-refractivity contribution in [2.45, 2.75) is 0 Å². The Labute approximate surface area is 145 Å². The molecule has 0 saturated carbocycles. The zero-order chi connectivity index (χ0) is 15.8. The second-order valence-electron chi connectivity index (χ2n) is 4.85. The summed E-state index contributed by atoms with van der Waals surface area (Å²) >= 11 is 20.5. The van der Waals surface area contributed by atoms with Crippen molar-refractivity contribution < 1.29 is 8.96 Å². The highest BCUT2D eigenvalue weighted by atomic mass is 32.1. The molecule has 2 nitrogen and oxygen atoms in total. The van der Waals surface area contributed by atoms with Gasteiger partial charge in [-0.2, -0.15) is 10.2 Å². The zero-order valence-corrected chi connectivity index (χ0v) is 13.9. The molecule has 0 fully saturated rings. The van der Waals surface area contributed by atoms with Crippen LogP contribution < -0.4 is 0 Å². The average Bonchev–Trinajstić information content (AvgIpc) is 2.53. The summed E-state index contributed by atoms with van der Waals surface area (Å²) in [5.41, 5.74) is 2.11. The first kappa shape index (κ1) is 14.1. The van der Waals surface area contributed by atoms with Gasteiger partial charge in [0.05, 0.1) is 0 Å². The van der Waals surface area contributed by atoms with Crippen LogP contribution in [0, 0.1) is 0 Å². The monoisotopic (exact) mass is 366 g/mol. The Morgan fingerprint density at radius 3 is 1.00 bits per heavy atom. The van der Waals surface area contributed by atoms with Crippen molar-refractivity contribution >= 4 is 79.6 Å². The van der Waals surface area contributed by atoms with E-state index in [1.54, 1.807) is 24.3 Å². The van der Waals surface area contributed by atoms with Gasteiger partial charge in [0.2, 0.25) is 0 Å². The molecular weight excluding hydrogens is 362 g/mol. The maximum Gasteiger partial charge on any atom is 0.146 e. The highest BCUT2D eigenvalue weighted by Gasteiger charge is 2.34. The van der Waals surface area contributed by atoms with Gasteiger partial charge in [-0.15, -0.1) is 0 Å². The molecule has 0 atom stereocenters. The second-order valence-corrected chi connectivity index (χ2v) is 6.40. The third-order valence-electron chi connectivity index (χ3n) is 3.80. The normalized spacial score (nSPS) is 16.8. The molecule has 2 heterocycles. The highest BCUT2D eigenvalue weighted by molar-refractivity contribution is 7.83. The fourth-order valence-corrected chi connectivity index (χ4v) is 3.98. The predicted molar refractivity (Wildman–Crippen MR) is 96.6 cm³/mol. The molecule has 0 spiro atoms. The molecule has 8 heteroatoms. The van der Waals surface area contributed by atoms with Crippen molar-refractivity contribution in [3.05, 3.63) is 46.5 Å². The zero-order valence-electron chi connectivity index (χ0n) is 10.6. The summed E-state index contributed by atoms with van der Waals surface area (Å²) in [6.07, 6.45) is 0. The molecule has 0 aliphatic carbocycles. The van der Waals surface area contributed by atoms with Crippen LogP contribution in [0.5, 0.6) is 0 Å². The van der Waals surface area contributed by atoms with Crippen LogP contribution in [-0.2, 0) is 0 Å². The van der Waals surface area contributed by atoms with E-state index in [4.69, 9.17) is 48.9 Å². The maximum absolute atomic E-state index is 14.1. The van der Waals surface area contributed by atoms with Crippen LogP contribution in [0.15, 0.2) is 24.3 Å². The fourth-order valence-electron chi connectivity index (χ4n) is 2.82. The molecule has 0 bridgehead atoms. The summed E-state index contributed by atoms with van der Waals surface area (Å²) in [5.74, 6) is 0. The van der Waals surface area contributed by atoms with Crippen molar-refractivity contribution in [3.8, 4) is 0 Å². The molecule has 4 rings (SSSR count). The Morgan fingerprint density at radius 2 is 0.773 bits per heavy atom. The molecule has 0 aromatic heterocycles. The Hall–Kier alpha value is -1.48. The summed E-state index contributed by atoms with van der Waals surface area (Å²) in [6.45, 7) is 0. The standard InChI is InChI=1S/C14H4F2N2S4/c15-17-11(19)5-1-2-6-10-8(14(22)18(16)12(6)20)4-3-7(9(5)10)13(17)21/h1-4H. The lowest BCUT2D eigenvalue weighted by atomic mass is 9.88. The largest absolute Gasteiger partial charge is 0.157 e. The molecule has 0 N–H and O–H groups in total. The summed E-state index contributed by atoms with van der Waals surface area (Å²) < 4.78 is 28.2. The van der Waals surface area contributed by atoms with E-state index in [1.807, 2.05) is 0 Å². The minimum absolute atomic E-state index is 0.0132. The van der Waals surface area contributed by atoms with Crippen LogP contribution in [0.2, 0.25) is 0 Å². The molecule has 2 aliphatic heterocycles. The van der Waals surface area contributed by atoms with E-state index < -0.39 is 0 Å². The number of rotatable bonds is 0. The first-order chi connectivity index (χ1) is 10.4. The van der Waals surface area contributed by atoms with Crippen LogP contribution in [0.1, 0.15) is 22.3 Å². The highest BCUT2D eigenvalue weighted by Crippen LogP contribution is 2.38. The molecule has 2 aromatic rings. The van der Waals surface area contributed by atoms with Crippen molar-refractivity contribution in [2.24, 2.45) is 0 Å². The van der Waals surface area contributed by atoms with E-state index in [2.05, 4.69) is 0 Å². The summed E-state index contributed by atoms with van der Waals surface area (Å²) in [7, 11) is 0. The van der Waals surface area contributed by atoms with Crippen molar-refractivity contribution in [1.29, 1.82) is 0 Å². The van der Waals surface area contributed by atoms with Crippen LogP contribution in [-0.4, -0.2) is 30.2 Å². The predicted octanol–water partition coefficient (Wildman–Crippen LogP) is 3.94. The number of hydrogen-bond acceptors (Lipinski definition) is 4. The number of thiocarbonyl (C=S) groups is 4. The minimum Gasteiger partial charge on any atom is -0.157 e. The van der Waals surface area contributed by atoms with Crippen molar-refractivity contribution in [3.63, 3.8) is 0 Å². The SMILES string of the molecule is FN1C(=S)c2ccc3c4c(ccc(c24)C1=S)C(=S)N(F)C3=S. The van der Waals surface area contributed by atoms with Crippen LogP contribution in [0.25, 0.3) is 10.8 Å². The van der Waals surface area contributed by atoms with E-state index in [-0.39, 0.29) is 20.0 Å². The Morgan fingerprint density at radius 1 is 0.545 bits per heavy atom. The maximum atomic E-state index is 14.1. The van der Waals surface area contributed by atoms with Gasteiger partial charge >= 0.3 is 0 Å². The molecular formula is C14H4F2N2S4. The number of hydrogen-bond donors (Lipinski definition) is 0. The molecule has 2 aromatic carbocycles. The molecule has 0 amide bonds. The molecule has 0 radical (unpaired) electrons. The van der Waals surface area contributed by atoms with Gasteiger partial charge in [-0.1, -0.05) is 82.1 Å². The quantitative estimate of drug-likeness (QED) is 0.511. The van der Waals surface area contributed by atoms with E-state index >= 15 is 0 Å². The minimum atomic E-state index is -0.0132. The first-order valence-corrected chi connectivity index (χ1v) is 7.75. The third-order valence-corrected chi connectivity index (χ3v) is 5.32. The van der Waals surface area contributed by atoms with Gasteiger partial charge in [-0.3, -0.25) is 0 Å². The number of halogens is 2. The Balaban J connectivity index is 2.24. The molecule has 0 unspecified atom stereocenters. The van der Waals surface area contributed by atoms with Crippen LogP contribution in [0.3, 0.4) is 0 Å². The molecule has 2 aliphatic rings. The van der Waals surface area contributed by atoms with Gasteiger partial charge in [0.15, 0.2) is 0 Å². The van der Waals surface area contributed by atoms with Gasteiger partial charge in [-0.25, -0.2) is 0 Å². The van der Waals surface area contributed by atoms with E-state index in [0.717, 1.165) is 0 Å². The average molecular weight is 366 g/mol. The van der Waals surface area contributed by atoms with E-state index in [9.17, 15) is 8.96 Å². The summed E-state index contributed by atoms with van der Waals surface area (Å²) in [5, 5.41) is 1.98. The van der Waals surface area contributed by atoms with Gasteiger partial charge in [-0.05, 0) is 0 Å².